The van der Waals surface area contributed by atoms with E-state index in [0.29, 0.717) is 0 Å². The van der Waals surface area contributed by atoms with Crippen LogP contribution in [0.2, 0.25) is 0 Å². The highest BCUT2D eigenvalue weighted by Gasteiger charge is 2.44. The van der Waals surface area contributed by atoms with Gasteiger partial charge >= 0.3 is 0 Å². The van der Waals surface area contributed by atoms with Crippen molar-refractivity contribution in [1.82, 2.24) is 0 Å². The van der Waals surface area contributed by atoms with E-state index >= 15 is 0 Å². The first-order valence-corrected chi connectivity index (χ1v) is 7.87. The molecule has 0 spiro atoms. The van der Waals surface area contributed by atoms with Gasteiger partial charge in [0.2, 0.25) is 0 Å². The lowest BCUT2D eigenvalue weighted by Crippen LogP contribution is -2.62. The van der Waals surface area contributed by atoms with Gasteiger partial charge in [-0.05, 0) is 12.8 Å². The average molecular weight is 308 g/mol. The highest BCUT2D eigenvalue weighted by Crippen LogP contribution is 2.36. The van der Waals surface area contributed by atoms with Gasteiger partial charge in [-0.3, -0.25) is 0 Å². The second-order valence-electron chi connectivity index (χ2n) is 5.54. The molecule has 0 amide bonds. The van der Waals surface area contributed by atoms with Crippen LogP contribution in [-0.4, -0.2) is 74.2 Å². The Balaban J connectivity index is 2.00. The van der Waals surface area contributed by atoms with Crippen molar-refractivity contribution < 1.29 is 25.2 Å². The van der Waals surface area contributed by atoms with Crippen LogP contribution >= 0.6 is 11.8 Å². The number of aliphatic hydroxyl groups is 4. The lowest BCUT2D eigenvalue weighted by atomic mass is 9.93. The fraction of sp³-hybridized carbons (Fsp3) is 1.00. The summed E-state index contributed by atoms with van der Waals surface area (Å²) in [6.07, 6.45) is -1.15. The van der Waals surface area contributed by atoms with E-state index in [1.54, 1.807) is 0 Å². The maximum atomic E-state index is 10.1. The SMILES string of the molecule is NC1CCC[C@@H](S[C@@H]2OC(CO)[C@H](O)[C@H](N)C2O)C1O. The molecule has 1 saturated carbocycles. The molecule has 2 aliphatic rings. The number of rotatable bonds is 3. The molecular weight excluding hydrogens is 284 g/mol. The fourth-order valence-corrected chi connectivity index (χ4v) is 4.28. The van der Waals surface area contributed by atoms with Crippen LogP contribution in [0.25, 0.3) is 0 Å². The van der Waals surface area contributed by atoms with E-state index in [9.17, 15) is 20.4 Å². The van der Waals surface area contributed by atoms with Crippen LogP contribution in [0.1, 0.15) is 19.3 Å². The van der Waals surface area contributed by atoms with Crippen molar-refractivity contribution in [1.29, 1.82) is 0 Å². The van der Waals surface area contributed by atoms with Gasteiger partial charge in [-0.25, -0.2) is 0 Å². The molecule has 0 radical (unpaired) electrons. The summed E-state index contributed by atoms with van der Waals surface area (Å²) in [5, 5.41) is 39.0. The Bertz CT molecular complexity index is 322. The van der Waals surface area contributed by atoms with Gasteiger partial charge in [-0.1, -0.05) is 6.42 Å². The van der Waals surface area contributed by atoms with Crippen LogP contribution in [-0.2, 0) is 4.74 Å². The second-order valence-corrected chi connectivity index (χ2v) is 6.89. The first-order valence-electron chi connectivity index (χ1n) is 6.93. The third-order valence-electron chi connectivity index (χ3n) is 4.09. The monoisotopic (exact) mass is 308 g/mol. The molecule has 0 aromatic carbocycles. The van der Waals surface area contributed by atoms with E-state index in [4.69, 9.17) is 16.2 Å². The molecule has 7 nitrogen and oxygen atoms in total. The quantitative estimate of drug-likeness (QED) is 0.342. The van der Waals surface area contributed by atoms with Crippen molar-refractivity contribution in [3.05, 3.63) is 0 Å². The molecule has 0 aromatic rings. The van der Waals surface area contributed by atoms with E-state index in [2.05, 4.69) is 0 Å². The van der Waals surface area contributed by atoms with Crippen LogP contribution < -0.4 is 11.5 Å². The predicted molar refractivity (Wildman–Crippen MR) is 74.9 cm³/mol. The van der Waals surface area contributed by atoms with E-state index in [1.807, 2.05) is 0 Å². The molecule has 0 aromatic heterocycles. The van der Waals surface area contributed by atoms with Crippen LogP contribution in [0.3, 0.4) is 0 Å². The molecular formula is C12H24N2O5S. The molecule has 20 heavy (non-hydrogen) atoms. The lowest BCUT2D eigenvalue weighted by Gasteiger charge is -2.43. The summed E-state index contributed by atoms with van der Waals surface area (Å²) in [5.74, 6) is 0. The minimum atomic E-state index is -1.11. The van der Waals surface area contributed by atoms with Crippen molar-refractivity contribution >= 4 is 11.8 Å². The molecule has 8 atom stereocenters. The molecule has 118 valence electrons. The molecule has 8 N–H and O–H groups in total. The number of nitrogens with two attached hydrogens (primary N) is 2. The number of aliphatic hydroxyl groups excluding tert-OH is 4. The van der Waals surface area contributed by atoms with Gasteiger partial charge in [-0.15, -0.1) is 11.8 Å². The van der Waals surface area contributed by atoms with Gasteiger partial charge < -0.3 is 36.6 Å². The number of ether oxygens (including phenoxy) is 1. The Morgan fingerprint density at radius 2 is 1.75 bits per heavy atom. The van der Waals surface area contributed by atoms with E-state index in [0.717, 1.165) is 19.3 Å². The third kappa shape index (κ3) is 3.28. The van der Waals surface area contributed by atoms with Crippen LogP contribution in [0, 0.1) is 0 Å². The Kier molecular flexibility index (Phi) is 5.66. The maximum absolute atomic E-state index is 10.1. The average Bonchev–Trinajstić information content (AvgIpc) is 2.44. The summed E-state index contributed by atoms with van der Waals surface area (Å²) in [5.41, 5.74) is 10.9. The molecule has 2 fully saturated rings. The number of thioether (sulfide) groups is 1. The Hall–Kier alpha value is 0.0700. The topological polar surface area (TPSA) is 142 Å². The van der Waals surface area contributed by atoms with Crippen LogP contribution in [0.15, 0.2) is 0 Å². The summed E-state index contributed by atoms with van der Waals surface area (Å²) in [4.78, 5) is 0. The Labute approximate surface area is 122 Å². The first kappa shape index (κ1) is 16.4. The van der Waals surface area contributed by atoms with E-state index < -0.39 is 35.9 Å². The summed E-state index contributed by atoms with van der Waals surface area (Å²) < 4.78 is 5.50. The molecule has 1 heterocycles. The maximum Gasteiger partial charge on any atom is 0.131 e. The zero-order chi connectivity index (χ0) is 14.9. The zero-order valence-corrected chi connectivity index (χ0v) is 12.0. The van der Waals surface area contributed by atoms with Crippen molar-refractivity contribution in [2.24, 2.45) is 11.5 Å². The van der Waals surface area contributed by atoms with Crippen molar-refractivity contribution in [2.75, 3.05) is 6.61 Å². The van der Waals surface area contributed by atoms with Gasteiger partial charge in [0, 0.05) is 11.3 Å². The molecule has 4 unspecified atom stereocenters. The molecule has 1 saturated heterocycles. The normalized spacial score (nSPS) is 50.1. The number of hydrogen-bond donors (Lipinski definition) is 6. The van der Waals surface area contributed by atoms with E-state index in [-0.39, 0.29) is 17.9 Å². The minimum Gasteiger partial charge on any atom is -0.394 e. The summed E-state index contributed by atoms with van der Waals surface area (Å²) in [6.45, 7) is -0.370. The molecule has 1 aliphatic heterocycles. The first-order chi connectivity index (χ1) is 9.45. The highest BCUT2D eigenvalue weighted by atomic mass is 32.2. The van der Waals surface area contributed by atoms with Gasteiger partial charge in [0.1, 0.15) is 23.7 Å². The fourth-order valence-electron chi connectivity index (χ4n) is 2.72. The second kappa shape index (κ2) is 6.89. The largest absolute Gasteiger partial charge is 0.394 e. The zero-order valence-electron chi connectivity index (χ0n) is 11.2. The molecule has 1 aliphatic carbocycles. The smallest absolute Gasteiger partial charge is 0.131 e. The summed E-state index contributed by atoms with van der Waals surface area (Å²) in [7, 11) is 0. The van der Waals surface area contributed by atoms with Crippen molar-refractivity contribution in [2.45, 2.75) is 66.4 Å². The minimum absolute atomic E-state index is 0.139. The number of hydrogen-bond acceptors (Lipinski definition) is 8. The van der Waals surface area contributed by atoms with E-state index in [1.165, 1.54) is 11.8 Å². The molecule has 0 bridgehead atoms. The van der Waals surface area contributed by atoms with Crippen LogP contribution in [0.4, 0.5) is 0 Å². The van der Waals surface area contributed by atoms with Gasteiger partial charge in [0.15, 0.2) is 0 Å². The standard InChI is InChI=1S/C12H24N2O5S/c13-5-2-1-3-7(9(5)16)20-12-11(18)8(14)10(17)6(4-15)19-12/h5-12,15-18H,1-4,13-14H2/t5?,6?,7-,8+,9?,10+,11?,12+/m1/s1. The molecule has 8 heteroatoms. The molecule has 2 rings (SSSR count). The van der Waals surface area contributed by atoms with Crippen LogP contribution in [0.5, 0.6) is 0 Å². The van der Waals surface area contributed by atoms with Gasteiger partial charge in [-0.2, -0.15) is 0 Å². The van der Waals surface area contributed by atoms with Crippen molar-refractivity contribution in [3.63, 3.8) is 0 Å². The predicted octanol–water partition coefficient (Wildman–Crippen LogP) is -2.27. The summed E-state index contributed by atoms with van der Waals surface area (Å²) in [6, 6.07) is -1.15. The summed E-state index contributed by atoms with van der Waals surface area (Å²) >= 11 is 1.28. The van der Waals surface area contributed by atoms with Gasteiger partial charge in [0.05, 0.1) is 18.8 Å². The Morgan fingerprint density at radius 3 is 2.40 bits per heavy atom. The third-order valence-corrected chi connectivity index (χ3v) is 5.61. The lowest BCUT2D eigenvalue weighted by molar-refractivity contribution is -0.160. The Morgan fingerprint density at radius 1 is 1.05 bits per heavy atom. The van der Waals surface area contributed by atoms with Crippen molar-refractivity contribution in [3.8, 4) is 0 Å². The highest BCUT2D eigenvalue weighted by molar-refractivity contribution is 8.00. The van der Waals surface area contributed by atoms with Gasteiger partial charge in [0.25, 0.3) is 0 Å².